The molecule has 1 aromatic heterocycles. The van der Waals surface area contributed by atoms with Gasteiger partial charge in [0, 0.05) is 12.6 Å². The number of aromatic nitrogens is 2. The van der Waals surface area contributed by atoms with Crippen molar-refractivity contribution in [3.63, 3.8) is 0 Å². The van der Waals surface area contributed by atoms with E-state index in [-0.39, 0.29) is 24.4 Å². The lowest BCUT2D eigenvalue weighted by Crippen LogP contribution is -2.22. The van der Waals surface area contributed by atoms with Crippen molar-refractivity contribution in [1.82, 2.24) is 9.97 Å². The number of rotatable bonds is 7. The quantitative estimate of drug-likeness (QED) is 0.732. The fourth-order valence-electron chi connectivity index (χ4n) is 2.54. The Balaban J connectivity index is 2.42. The molecule has 0 aliphatic rings. The summed E-state index contributed by atoms with van der Waals surface area (Å²) in [6, 6.07) is 3.12. The Labute approximate surface area is 129 Å². The summed E-state index contributed by atoms with van der Waals surface area (Å²) in [7, 11) is 0. The number of nitrogens with two attached hydrogens (primary N) is 1. The number of aliphatic hydroxyl groups excluding tert-OH is 1. The molecule has 0 aliphatic heterocycles. The van der Waals surface area contributed by atoms with Crippen LogP contribution in [0, 0.1) is 12.7 Å². The SMILES string of the molecule is CCCC[C@H](CCO)Nc1nc(N)nc2c(C)ccc(F)c12. The molecule has 0 unspecified atom stereocenters. The molecule has 2 rings (SSSR count). The molecule has 0 amide bonds. The number of fused-ring (bicyclic) bond motifs is 1. The molecule has 2 aromatic rings. The summed E-state index contributed by atoms with van der Waals surface area (Å²) >= 11 is 0. The fraction of sp³-hybridized carbons (Fsp3) is 0.500. The van der Waals surface area contributed by atoms with Gasteiger partial charge in [0.25, 0.3) is 0 Å². The second-order valence-electron chi connectivity index (χ2n) is 5.51. The standard InChI is InChI=1S/C16H23FN4O/c1-3-4-5-11(8-9-22)19-15-13-12(17)7-6-10(2)14(13)20-16(18)21-15/h6-7,11,22H,3-5,8-9H2,1-2H3,(H3,18,19,20,21)/t11-/m1/s1. The molecule has 0 fully saturated rings. The molecule has 1 aromatic carbocycles. The Bertz CT molecular complexity index is 648. The van der Waals surface area contributed by atoms with Crippen LogP contribution in [0.5, 0.6) is 0 Å². The number of aryl methyl sites for hydroxylation is 1. The van der Waals surface area contributed by atoms with E-state index in [9.17, 15) is 9.50 Å². The maximum Gasteiger partial charge on any atom is 0.222 e. The Morgan fingerprint density at radius 3 is 2.77 bits per heavy atom. The topological polar surface area (TPSA) is 84.1 Å². The highest BCUT2D eigenvalue weighted by atomic mass is 19.1. The number of nitrogens with one attached hydrogen (secondary N) is 1. The molecule has 120 valence electrons. The molecule has 5 nitrogen and oxygen atoms in total. The van der Waals surface area contributed by atoms with Gasteiger partial charge < -0.3 is 16.2 Å². The average molecular weight is 306 g/mol. The zero-order chi connectivity index (χ0) is 16.1. The van der Waals surface area contributed by atoms with Gasteiger partial charge in [-0.15, -0.1) is 0 Å². The third-order valence-electron chi connectivity index (χ3n) is 3.74. The molecule has 22 heavy (non-hydrogen) atoms. The molecule has 0 saturated carbocycles. The minimum absolute atomic E-state index is 0.0300. The summed E-state index contributed by atoms with van der Waals surface area (Å²) in [6.45, 7) is 4.04. The Morgan fingerprint density at radius 1 is 1.32 bits per heavy atom. The summed E-state index contributed by atoms with van der Waals surface area (Å²) in [5.74, 6) is 0.140. The van der Waals surface area contributed by atoms with Crippen LogP contribution in [0.4, 0.5) is 16.2 Å². The van der Waals surface area contributed by atoms with Crippen LogP contribution in [-0.4, -0.2) is 27.7 Å². The molecule has 0 saturated heterocycles. The number of aliphatic hydroxyl groups is 1. The van der Waals surface area contributed by atoms with Gasteiger partial charge in [0.15, 0.2) is 0 Å². The second-order valence-corrected chi connectivity index (χ2v) is 5.51. The van der Waals surface area contributed by atoms with Gasteiger partial charge in [-0.25, -0.2) is 9.37 Å². The summed E-state index contributed by atoms with van der Waals surface area (Å²) < 4.78 is 14.2. The first kappa shape index (κ1) is 16.4. The molecule has 0 spiro atoms. The van der Waals surface area contributed by atoms with Gasteiger partial charge in [-0.1, -0.05) is 25.8 Å². The summed E-state index contributed by atoms with van der Waals surface area (Å²) in [6.07, 6.45) is 3.55. The Morgan fingerprint density at radius 2 is 2.09 bits per heavy atom. The lowest BCUT2D eigenvalue weighted by Gasteiger charge is -2.20. The monoisotopic (exact) mass is 306 g/mol. The van der Waals surface area contributed by atoms with Gasteiger partial charge in [0.05, 0.1) is 10.9 Å². The number of anilines is 2. The maximum absolute atomic E-state index is 14.2. The van der Waals surface area contributed by atoms with E-state index in [2.05, 4.69) is 22.2 Å². The zero-order valence-corrected chi connectivity index (χ0v) is 13.1. The van der Waals surface area contributed by atoms with Gasteiger partial charge in [0.2, 0.25) is 5.95 Å². The molecule has 6 heteroatoms. The molecule has 1 heterocycles. The Kier molecular flexibility index (Phi) is 5.49. The van der Waals surface area contributed by atoms with Crippen molar-refractivity contribution in [2.45, 2.75) is 45.6 Å². The second kappa shape index (κ2) is 7.35. The molecule has 0 radical (unpaired) electrons. The predicted octanol–water partition coefficient (Wildman–Crippen LogP) is 3.01. The lowest BCUT2D eigenvalue weighted by molar-refractivity contribution is 0.276. The van der Waals surface area contributed by atoms with E-state index in [1.807, 2.05) is 6.92 Å². The summed E-state index contributed by atoms with van der Waals surface area (Å²) in [5, 5.41) is 12.8. The fourth-order valence-corrected chi connectivity index (χ4v) is 2.54. The van der Waals surface area contributed by atoms with E-state index in [0.29, 0.717) is 23.1 Å². The smallest absolute Gasteiger partial charge is 0.222 e. The van der Waals surface area contributed by atoms with Crippen molar-refractivity contribution in [3.05, 3.63) is 23.5 Å². The van der Waals surface area contributed by atoms with Gasteiger partial charge in [-0.2, -0.15) is 4.98 Å². The van der Waals surface area contributed by atoms with Crippen molar-refractivity contribution in [2.24, 2.45) is 0 Å². The van der Waals surface area contributed by atoms with E-state index in [1.54, 1.807) is 6.07 Å². The van der Waals surface area contributed by atoms with Gasteiger partial charge >= 0.3 is 0 Å². The van der Waals surface area contributed by atoms with Crippen LogP contribution in [0.25, 0.3) is 10.9 Å². The number of hydrogen-bond donors (Lipinski definition) is 3. The first-order valence-corrected chi connectivity index (χ1v) is 7.66. The highest BCUT2D eigenvalue weighted by molar-refractivity contribution is 5.92. The van der Waals surface area contributed by atoms with Crippen LogP contribution in [-0.2, 0) is 0 Å². The summed E-state index contributed by atoms with van der Waals surface area (Å²) in [4.78, 5) is 8.32. The van der Waals surface area contributed by atoms with Crippen LogP contribution in [0.2, 0.25) is 0 Å². The highest BCUT2D eigenvalue weighted by Gasteiger charge is 2.16. The molecular weight excluding hydrogens is 283 g/mol. The van der Waals surface area contributed by atoms with Crippen molar-refractivity contribution >= 4 is 22.7 Å². The van der Waals surface area contributed by atoms with Crippen molar-refractivity contribution < 1.29 is 9.50 Å². The van der Waals surface area contributed by atoms with E-state index in [4.69, 9.17) is 5.73 Å². The highest BCUT2D eigenvalue weighted by Crippen LogP contribution is 2.28. The van der Waals surface area contributed by atoms with Crippen LogP contribution in [0.15, 0.2) is 12.1 Å². The third-order valence-corrected chi connectivity index (χ3v) is 3.74. The molecular formula is C16H23FN4O. The number of benzene rings is 1. The zero-order valence-electron chi connectivity index (χ0n) is 13.1. The molecule has 1 atom stereocenters. The number of unbranched alkanes of at least 4 members (excludes halogenated alkanes) is 1. The van der Waals surface area contributed by atoms with Crippen LogP contribution >= 0.6 is 0 Å². The molecule has 0 bridgehead atoms. The van der Waals surface area contributed by atoms with Crippen molar-refractivity contribution in [2.75, 3.05) is 17.7 Å². The van der Waals surface area contributed by atoms with E-state index in [0.717, 1.165) is 24.8 Å². The third kappa shape index (κ3) is 3.62. The van der Waals surface area contributed by atoms with Crippen molar-refractivity contribution in [1.29, 1.82) is 0 Å². The van der Waals surface area contributed by atoms with Crippen LogP contribution in [0.3, 0.4) is 0 Å². The van der Waals surface area contributed by atoms with E-state index in [1.165, 1.54) is 6.07 Å². The number of nitrogen functional groups attached to an aromatic ring is 1. The van der Waals surface area contributed by atoms with Crippen LogP contribution in [0.1, 0.15) is 38.2 Å². The summed E-state index contributed by atoms with van der Waals surface area (Å²) in [5.41, 5.74) is 7.13. The Hall–Kier alpha value is -1.95. The number of nitrogens with zero attached hydrogens (tertiary/aromatic N) is 2. The minimum Gasteiger partial charge on any atom is -0.396 e. The largest absolute Gasteiger partial charge is 0.396 e. The lowest BCUT2D eigenvalue weighted by atomic mass is 10.1. The van der Waals surface area contributed by atoms with Gasteiger partial charge in [-0.3, -0.25) is 0 Å². The first-order valence-electron chi connectivity index (χ1n) is 7.66. The normalized spacial score (nSPS) is 12.5. The van der Waals surface area contributed by atoms with E-state index >= 15 is 0 Å². The predicted molar refractivity (Wildman–Crippen MR) is 87.3 cm³/mol. The number of hydrogen-bond acceptors (Lipinski definition) is 5. The van der Waals surface area contributed by atoms with Gasteiger partial charge in [-0.05, 0) is 31.4 Å². The molecule has 4 N–H and O–H groups in total. The van der Waals surface area contributed by atoms with Crippen LogP contribution < -0.4 is 11.1 Å². The first-order chi connectivity index (χ1) is 10.6. The van der Waals surface area contributed by atoms with Gasteiger partial charge in [0.1, 0.15) is 11.6 Å². The minimum atomic E-state index is -0.374. The molecule has 0 aliphatic carbocycles. The van der Waals surface area contributed by atoms with Crippen molar-refractivity contribution in [3.8, 4) is 0 Å². The maximum atomic E-state index is 14.2. The van der Waals surface area contributed by atoms with E-state index < -0.39 is 0 Å². The number of halogens is 1. The average Bonchev–Trinajstić information content (AvgIpc) is 2.48.